The number of hydrogen-bond acceptors (Lipinski definition) is 7. The van der Waals surface area contributed by atoms with Crippen LogP contribution in [0.25, 0.3) is 11.3 Å². The number of hydrogen-bond donors (Lipinski definition) is 1. The van der Waals surface area contributed by atoms with Gasteiger partial charge in [0.05, 0.1) is 17.5 Å². The summed E-state index contributed by atoms with van der Waals surface area (Å²) < 4.78 is 1.87. The summed E-state index contributed by atoms with van der Waals surface area (Å²) >= 11 is 2.80. The Morgan fingerprint density at radius 3 is 2.82 bits per heavy atom. The van der Waals surface area contributed by atoms with Gasteiger partial charge in [0.25, 0.3) is 0 Å². The highest BCUT2D eigenvalue weighted by atomic mass is 32.2. The number of aryl methyl sites for hydroxylation is 1. The smallest absolute Gasteiger partial charge is 0.236 e. The number of nitrogens with one attached hydrogen (secondary N) is 1. The zero-order chi connectivity index (χ0) is 19.3. The van der Waals surface area contributed by atoms with Crippen molar-refractivity contribution in [3.05, 3.63) is 35.2 Å². The zero-order valence-corrected chi connectivity index (χ0v) is 17.3. The van der Waals surface area contributed by atoms with Crippen molar-refractivity contribution in [2.24, 2.45) is 0 Å². The Kier molecular flexibility index (Phi) is 6.01. The molecule has 28 heavy (non-hydrogen) atoms. The van der Waals surface area contributed by atoms with Gasteiger partial charge in [-0.2, -0.15) is 0 Å². The number of benzene rings is 1. The Morgan fingerprint density at radius 1 is 1.29 bits per heavy atom. The molecule has 1 aliphatic carbocycles. The van der Waals surface area contributed by atoms with Crippen molar-refractivity contribution in [2.45, 2.75) is 50.2 Å². The summed E-state index contributed by atoms with van der Waals surface area (Å²) in [6, 6.07) is 8.72. The SMILES string of the molecule is CCc1ccc(-c2csc(NC(=O)CSc3nnnn3C3CCCC3)n2)cc1. The van der Waals surface area contributed by atoms with Crippen molar-refractivity contribution < 1.29 is 4.79 Å². The fourth-order valence-electron chi connectivity index (χ4n) is 3.32. The number of carbonyl (C=O) groups is 1. The predicted molar refractivity (Wildman–Crippen MR) is 112 cm³/mol. The largest absolute Gasteiger partial charge is 0.301 e. The van der Waals surface area contributed by atoms with Gasteiger partial charge >= 0.3 is 0 Å². The summed E-state index contributed by atoms with van der Waals surface area (Å²) in [7, 11) is 0. The number of nitrogens with zero attached hydrogens (tertiary/aromatic N) is 5. The van der Waals surface area contributed by atoms with E-state index in [1.807, 2.05) is 10.1 Å². The van der Waals surface area contributed by atoms with Crippen LogP contribution in [-0.4, -0.2) is 36.9 Å². The van der Waals surface area contributed by atoms with Crippen molar-refractivity contribution in [3.8, 4) is 11.3 Å². The Hall–Kier alpha value is -2.26. The molecule has 1 N–H and O–H groups in total. The summed E-state index contributed by atoms with van der Waals surface area (Å²) in [5.74, 6) is 0.154. The second-order valence-corrected chi connectivity index (χ2v) is 8.57. The molecule has 0 aliphatic heterocycles. The highest BCUT2D eigenvalue weighted by Crippen LogP contribution is 2.31. The van der Waals surface area contributed by atoms with E-state index in [1.54, 1.807) is 0 Å². The fourth-order valence-corrected chi connectivity index (χ4v) is 4.80. The second kappa shape index (κ2) is 8.83. The first kappa shape index (κ1) is 19.1. The van der Waals surface area contributed by atoms with Crippen molar-refractivity contribution >= 4 is 34.1 Å². The van der Waals surface area contributed by atoms with Crippen LogP contribution in [-0.2, 0) is 11.2 Å². The first-order valence-corrected chi connectivity index (χ1v) is 11.3. The molecular weight excluding hydrogens is 392 g/mol. The van der Waals surface area contributed by atoms with Gasteiger partial charge < -0.3 is 5.32 Å². The summed E-state index contributed by atoms with van der Waals surface area (Å²) in [4.78, 5) is 16.9. The molecule has 0 unspecified atom stereocenters. The summed E-state index contributed by atoms with van der Waals surface area (Å²) in [5.41, 5.74) is 3.23. The highest BCUT2D eigenvalue weighted by molar-refractivity contribution is 7.99. The predicted octanol–water partition coefficient (Wildman–Crippen LogP) is 4.20. The van der Waals surface area contributed by atoms with Gasteiger partial charge in [0, 0.05) is 10.9 Å². The Labute approximate surface area is 172 Å². The first-order valence-electron chi connectivity index (χ1n) is 9.48. The molecule has 0 radical (unpaired) electrons. The molecule has 4 rings (SSSR count). The van der Waals surface area contributed by atoms with Crippen LogP contribution in [0.5, 0.6) is 0 Å². The van der Waals surface area contributed by atoms with E-state index >= 15 is 0 Å². The Morgan fingerprint density at radius 2 is 2.07 bits per heavy atom. The van der Waals surface area contributed by atoms with E-state index in [0.29, 0.717) is 16.3 Å². The van der Waals surface area contributed by atoms with Crippen LogP contribution in [0.2, 0.25) is 0 Å². The maximum absolute atomic E-state index is 12.3. The number of thiazole rings is 1. The van der Waals surface area contributed by atoms with Crippen LogP contribution in [0.15, 0.2) is 34.8 Å². The van der Waals surface area contributed by atoms with E-state index in [4.69, 9.17) is 0 Å². The maximum Gasteiger partial charge on any atom is 0.236 e. The molecule has 1 saturated carbocycles. The van der Waals surface area contributed by atoms with Crippen molar-refractivity contribution in [1.29, 1.82) is 0 Å². The van der Waals surface area contributed by atoms with Crippen LogP contribution < -0.4 is 5.32 Å². The number of aromatic nitrogens is 5. The van der Waals surface area contributed by atoms with E-state index in [1.165, 1.54) is 41.5 Å². The van der Waals surface area contributed by atoms with Gasteiger partial charge in [-0.1, -0.05) is 55.8 Å². The molecule has 1 aliphatic rings. The molecule has 0 spiro atoms. The maximum atomic E-state index is 12.3. The third-order valence-electron chi connectivity index (χ3n) is 4.87. The monoisotopic (exact) mass is 414 g/mol. The fraction of sp³-hybridized carbons (Fsp3) is 0.421. The molecule has 1 aromatic carbocycles. The number of anilines is 1. The van der Waals surface area contributed by atoms with Gasteiger partial charge in [0.2, 0.25) is 11.1 Å². The average Bonchev–Trinajstić information content (AvgIpc) is 3.47. The molecule has 146 valence electrons. The molecule has 1 fully saturated rings. The van der Waals surface area contributed by atoms with E-state index in [0.717, 1.165) is 30.5 Å². The molecule has 2 aromatic heterocycles. The van der Waals surface area contributed by atoms with Crippen LogP contribution in [0.3, 0.4) is 0 Å². The van der Waals surface area contributed by atoms with Crippen molar-refractivity contribution in [2.75, 3.05) is 11.1 Å². The minimum Gasteiger partial charge on any atom is -0.301 e. The third-order valence-corrected chi connectivity index (χ3v) is 6.57. The van der Waals surface area contributed by atoms with E-state index < -0.39 is 0 Å². The number of thioether (sulfide) groups is 1. The van der Waals surface area contributed by atoms with Crippen LogP contribution >= 0.6 is 23.1 Å². The van der Waals surface area contributed by atoms with Gasteiger partial charge in [0.15, 0.2) is 5.13 Å². The topological polar surface area (TPSA) is 85.6 Å². The molecule has 0 saturated heterocycles. The number of amides is 1. The molecule has 7 nitrogen and oxygen atoms in total. The molecule has 9 heteroatoms. The lowest BCUT2D eigenvalue weighted by Crippen LogP contribution is -2.15. The van der Waals surface area contributed by atoms with Crippen molar-refractivity contribution in [1.82, 2.24) is 25.2 Å². The Bertz CT molecular complexity index is 930. The summed E-state index contributed by atoms with van der Waals surface area (Å²) in [5, 5.41) is 18.1. The van der Waals surface area contributed by atoms with Gasteiger partial charge in [-0.25, -0.2) is 9.67 Å². The third kappa shape index (κ3) is 4.41. The van der Waals surface area contributed by atoms with Crippen molar-refractivity contribution in [3.63, 3.8) is 0 Å². The van der Waals surface area contributed by atoms with Gasteiger partial charge in [0.1, 0.15) is 0 Å². The number of rotatable bonds is 7. The standard InChI is InChI=1S/C19H22N6OS2/c1-2-13-7-9-14(10-8-13)16-11-27-18(20-16)21-17(26)12-28-19-22-23-24-25(19)15-5-3-4-6-15/h7-11,15H,2-6,12H2,1H3,(H,20,21,26). The minimum atomic E-state index is -0.104. The van der Waals surface area contributed by atoms with Crippen LogP contribution in [0.1, 0.15) is 44.2 Å². The molecule has 3 aromatic rings. The van der Waals surface area contributed by atoms with Gasteiger partial charge in [-0.3, -0.25) is 4.79 Å². The Balaban J connectivity index is 1.33. The minimum absolute atomic E-state index is 0.104. The van der Waals surface area contributed by atoms with E-state index in [-0.39, 0.29) is 11.7 Å². The molecule has 1 amide bonds. The lowest BCUT2D eigenvalue weighted by atomic mass is 10.1. The van der Waals surface area contributed by atoms with Crippen LogP contribution in [0.4, 0.5) is 5.13 Å². The molecule has 0 bridgehead atoms. The first-order chi connectivity index (χ1) is 13.7. The molecule has 0 atom stereocenters. The van der Waals surface area contributed by atoms with Gasteiger partial charge in [-0.05, 0) is 35.3 Å². The lowest BCUT2D eigenvalue weighted by molar-refractivity contribution is -0.113. The van der Waals surface area contributed by atoms with E-state index in [2.05, 4.69) is 57.0 Å². The average molecular weight is 415 g/mol. The van der Waals surface area contributed by atoms with Gasteiger partial charge in [-0.15, -0.1) is 16.4 Å². The normalized spacial score (nSPS) is 14.5. The number of carbonyl (C=O) groups excluding carboxylic acids is 1. The quantitative estimate of drug-likeness (QED) is 0.583. The summed E-state index contributed by atoms with van der Waals surface area (Å²) in [6.45, 7) is 2.13. The second-order valence-electron chi connectivity index (χ2n) is 6.77. The number of tetrazole rings is 1. The zero-order valence-electron chi connectivity index (χ0n) is 15.7. The lowest BCUT2D eigenvalue weighted by Gasteiger charge is -2.10. The molecule has 2 heterocycles. The van der Waals surface area contributed by atoms with Crippen LogP contribution in [0, 0.1) is 0 Å². The highest BCUT2D eigenvalue weighted by Gasteiger charge is 2.22. The summed E-state index contributed by atoms with van der Waals surface area (Å²) in [6.07, 6.45) is 5.64. The van der Waals surface area contributed by atoms with E-state index in [9.17, 15) is 4.79 Å². The molecular formula is C19H22N6OS2.